The maximum absolute atomic E-state index is 13.1. The molecule has 0 spiro atoms. The van der Waals surface area contributed by atoms with Crippen LogP contribution in [0, 0.1) is 23.7 Å². The van der Waals surface area contributed by atoms with Crippen molar-refractivity contribution in [1.82, 2.24) is 10.2 Å². The maximum Gasteiger partial charge on any atom is 0.225 e. The quantitative estimate of drug-likeness (QED) is 0.786. The summed E-state index contributed by atoms with van der Waals surface area (Å²) in [6, 6.07) is 0. The Balaban J connectivity index is 0.00000264. The number of nitrogens with one attached hydrogen (secondary N) is 1. The Morgan fingerprint density at radius 2 is 1.74 bits per heavy atom. The normalized spacial score (nSPS) is 24.3. The van der Waals surface area contributed by atoms with Gasteiger partial charge in [-0.15, -0.1) is 12.4 Å². The first-order valence-corrected chi connectivity index (χ1v) is 9.55. The van der Waals surface area contributed by atoms with Crippen molar-refractivity contribution in [2.45, 2.75) is 65.2 Å². The Kier molecular flexibility index (Phi) is 9.53. The van der Waals surface area contributed by atoms with Crippen LogP contribution in [0.25, 0.3) is 0 Å². The van der Waals surface area contributed by atoms with Gasteiger partial charge < -0.3 is 10.2 Å². The molecular formula is C19H37ClN2O. The smallest absolute Gasteiger partial charge is 0.225 e. The van der Waals surface area contributed by atoms with Gasteiger partial charge in [-0.1, -0.05) is 46.0 Å². The van der Waals surface area contributed by atoms with Gasteiger partial charge in [0.05, 0.1) is 0 Å². The topological polar surface area (TPSA) is 32.3 Å². The van der Waals surface area contributed by atoms with E-state index in [1.807, 2.05) is 7.05 Å². The molecule has 2 unspecified atom stereocenters. The van der Waals surface area contributed by atoms with Crippen LogP contribution in [0.5, 0.6) is 0 Å². The fourth-order valence-corrected chi connectivity index (χ4v) is 4.40. The number of rotatable bonds is 6. The highest BCUT2D eigenvalue weighted by molar-refractivity contribution is 5.85. The van der Waals surface area contributed by atoms with Gasteiger partial charge in [-0.25, -0.2) is 0 Å². The van der Waals surface area contributed by atoms with Crippen molar-refractivity contribution < 1.29 is 4.79 Å². The van der Waals surface area contributed by atoms with Gasteiger partial charge in [-0.3, -0.25) is 4.79 Å². The van der Waals surface area contributed by atoms with Crippen molar-refractivity contribution in [3.05, 3.63) is 0 Å². The minimum absolute atomic E-state index is 0. The van der Waals surface area contributed by atoms with E-state index < -0.39 is 0 Å². The molecule has 2 aliphatic rings. The van der Waals surface area contributed by atoms with Crippen molar-refractivity contribution in [3.63, 3.8) is 0 Å². The third-order valence-corrected chi connectivity index (χ3v) is 5.76. The molecule has 0 bridgehead atoms. The second-order valence-electron chi connectivity index (χ2n) is 7.94. The van der Waals surface area contributed by atoms with Gasteiger partial charge >= 0.3 is 0 Å². The monoisotopic (exact) mass is 344 g/mol. The molecule has 2 atom stereocenters. The highest BCUT2D eigenvalue weighted by Gasteiger charge is 2.32. The van der Waals surface area contributed by atoms with Crippen molar-refractivity contribution in [2.24, 2.45) is 23.7 Å². The van der Waals surface area contributed by atoms with Gasteiger partial charge in [0.15, 0.2) is 0 Å². The highest BCUT2D eigenvalue weighted by Crippen LogP contribution is 2.33. The molecule has 0 aromatic heterocycles. The van der Waals surface area contributed by atoms with E-state index in [4.69, 9.17) is 0 Å². The van der Waals surface area contributed by atoms with E-state index >= 15 is 0 Å². The van der Waals surface area contributed by atoms with E-state index in [9.17, 15) is 4.79 Å². The summed E-state index contributed by atoms with van der Waals surface area (Å²) in [5.41, 5.74) is 0. The number of carbonyl (C=O) groups is 1. The van der Waals surface area contributed by atoms with E-state index in [0.717, 1.165) is 32.0 Å². The number of nitrogens with zero attached hydrogens (tertiary/aromatic N) is 1. The minimum Gasteiger partial charge on any atom is -0.342 e. The fraction of sp³-hybridized carbons (Fsp3) is 0.947. The van der Waals surface area contributed by atoms with Crippen molar-refractivity contribution in [3.8, 4) is 0 Å². The first-order valence-electron chi connectivity index (χ1n) is 9.55. The molecule has 0 radical (unpaired) electrons. The maximum atomic E-state index is 13.1. The lowest BCUT2D eigenvalue weighted by Crippen LogP contribution is -2.46. The molecule has 2 fully saturated rings. The Morgan fingerprint density at radius 3 is 2.35 bits per heavy atom. The third kappa shape index (κ3) is 6.26. The fourth-order valence-electron chi connectivity index (χ4n) is 4.40. The lowest BCUT2D eigenvalue weighted by atomic mass is 9.78. The average molecular weight is 345 g/mol. The Morgan fingerprint density at radius 1 is 1.09 bits per heavy atom. The first kappa shape index (κ1) is 20.8. The minimum atomic E-state index is 0. The van der Waals surface area contributed by atoms with E-state index in [0.29, 0.717) is 17.7 Å². The standard InChI is InChI=1S/C19H36N2O.ClH/c1-15(2)18(12-16-8-5-4-6-9-16)19(22)21-11-7-10-17(14-21)13-20-3;/h15-18,20H,4-14H2,1-3H3;1H. The summed E-state index contributed by atoms with van der Waals surface area (Å²) in [4.78, 5) is 15.2. The predicted octanol–water partition coefficient (Wildman–Crippen LogP) is 4.11. The van der Waals surface area contributed by atoms with Crippen LogP contribution in [0.2, 0.25) is 0 Å². The highest BCUT2D eigenvalue weighted by atomic mass is 35.5. The zero-order valence-electron chi connectivity index (χ0n) is 15.4. The largest absolute Gasteiger partial charge is 0.342 e. The van der Waals surface area contributed by atoms with Crippen molar-refractivity contribution >= 4 is 18.3 Å². The van der Waals surface area contributed by atoms with Crippen LogP contribution in [-0.4, -0.2) is 37.5 Å². The number of carbonyl (C=O) groups excluding carboxylic acids is 1. The molecule has 1 heterocycles. The molecule has 4 heteroatoms. The Bertz CT molecular complexity index is 340. The summed E-state index contributed by atoms with van der Waals surface area (Å²) >= 11 is 0. The number of likely N-dealkylation sites (tertiary alicyclic amines) is 1. The van der Waals surface area contributed by atoms with E-state index in [1.165, 1.54) is 44.9 Å². The number of piperidine rings is 1. The van der Waals surface area contributed by atoms with Crippen LogP contribution in [0.3, 0.4) is 0 Å². The van der Waals surface area contributed by atoms with Crippen LogP contribution in [0.15, 0.2) is 0 Å². The Hall–Kier alpha value is -0.280. The number of halogens is 1. The lowest BCUT2D eigenvalue weighted by Gasteiger charge is -2.37. The summed E-state index contributed by atoms with van der Waals surface area (Å²) in [5.74, 6) is 2.60. The zero-order chi connectivity index (χ0) is 15.9. The molecule has 1 amide bonds. The van der Waals surface area contributed by atoms with E-state index in [-0.39, 0.29) is 18.3 Å². The summed E-state index contributed by atoms with van der Waals surface area (Å²) in [6.45, 7) is 7.46. The van der Waals surface area contributed by atoms with E-state index in [1.54, 1.807) is 0 Å². The van der Waals surface area contributed by atoms with Crippen LogP contribution in [-0.2, 0) is 4.79 Å². The molecule has 1 saturated carbocycles. The molecule has 1 saturated heterocycles. The molecule has 0 aromatic carbocycles. The van der Waals surface area contributed by atoms with Crippen molar-refractivity contribution in [1.29, 1.82) is 0 Å². The SMILES string of the molecule is CNCC1CCCN(C(=O)C(CC2CCCCC2)C(C)C)C1.Cl. The second-order valence-corrected chi connectivity index (χ2v) is 7.94. The first-order chi connectivity index (χ1) is 10.6. The molecule has 1 N–H and O–H groups in total. The Labute approximate surface area is 149 Å². The predicted molar refractivity (Wildman–Crippen MR) is 100.0 cm³/mol. The van der Waals surface area contributed by atoms with Gasteiger partial charge in [-0.05, 0) is 50.6 Å². The molecular weight excluding hydrogens is 308 g/mol. The second kappa shape index (κ2) is 10.6. The molecule has 3 nitrogen and oxygen atoms in total. The third-order valence-electron chi connectivity index (χ3n) is 5.76. The number of hydrogen-bond acceptors (Lipinski definition) is 2. The van der Waals surface area contributed by atoms with Crippen molar-refractivity contribution in [2.75, 3.05) is 26.7 Å². The summed E-state index contributed by atoms with van der Waals surface area (Å²) < 4.78 is 0. The molecule has 136 valence electrons. The lowest BCUT2D eigenvalue weighted by molar-refractivity contribution is -0.139. The summed E-state index contributed by atoms with van der Waals surface area (Å²) in [6.07, 6.45) is 10.4. The molecule has 1 aliphatic carbocycles. The van der Waals surface area contributed by atoms with Gasteiger partial charge in [-0.2, -0.15) is 0 Å². The van der Waals surface area contributed by atoms with Crippen LogP contribution in [0.1, 0.15) is 65.2 Å². The summed E-state index contributed by atoms with van der Waals surface area (Å²) in [7, 11) is 2.01. The zero-order valence-corrected chi connectivity index (χ0v) is 16.2. The van der Waals surface area contributed by atoms with Gasteiger partial charge in [0.25, 0.3) is 0 Å². The van der Waals surface area contributed by atoms with Crippen LogP contribution < -0.4 is 5.32 Å². The van der Waals surface area contributed by atoms with E-state index in [2.05, 4.69) is 24.1 Å². The van der Waals surface area contributed by atoms with Crippen LogP contribution >= 0.6 is 12.4 Å². The number of amides is 1. The van der Waals surface area contributed by atoms with Gasteiger partial charge in [0.1, 0.15) is 0 Å². The van der Waals surface area contributed by atoms with Gasteiger partial charge in [0.2, 0.25) is 5.91 Å². The molecule has 2 rings (SSSR count). The average Bonchev–Trinajstić information content (AvgIpc) is 2.53. The number of hydrogen-bond donors (Lipinski definition) is 1. The van der Waals surface area contributed by atoms with Crippen LogP contribution in [0.4, 0.5) is 0 Å². The molecule has 23 heavy (non-hydrogen) atoms. The van der Waals surface area contributed by atoms with Gasteiger partial charge in [0, 0.05) is 19.0 Å². The molecule has 1 aliphatic heterocycles. The molecule has 0 aromatic rings. The summed E-state index contributed by atoms with van der Waals surface area (Å²) in [5, 5.41) is 3.28.